The summed E-state index contributed by atoms with van der Waals surface area (Å²) >= 11 is 18.9. The number of hydrogen-bond acceptors (Lipinski definition) is 9. The molecule has 0 saturated heterocycles. The Kier molecular flexibility index (Phi) is 17.3. The molecule has 1 aliphatic heterocycles. The van der Waals surface area contributed by atoms with Gasteiger partial charge in [0.2, 0.25) is 3.79 Å². The van der Waals surface area contributed by atoms with Crippen LogP contribution in [0.4, 0.5) is 4.79 Å². The number of thiazole rings is 1. The molecular weight excluding hydrogens is 725 g/mol. The molecular formula is C36H56Cl3NO7SSi. The number of alkyl halides is 3. The lowest BCUT2D eigenvalue weighted by molar-refractivity contribution is -0.153. The summed E-state index contributed by atoms with van der Waals surface area (Å²) in [5.74, 6) is -1.57. The van der Waals surface area contributed by atoms with Crippen molar-refractivity contribution < 1.29 is 33.0 Å². The number of nitrogens with zero attached hydrogens (tertiary/aromatic N) is 1. The first kappa shape index (κ1) is 43.7. The van der Waals surface area contributed by atoms with Crippen molar-refractivity contribution in [2.24, 2.45) is 17.3 Å². The summed E-state index contributed by atoms with van der Waals surface area (Å²) in [4.78, 5) is 45.9. The molecule has 0 fully saturated rings. The van der Waals surface area contributed by atoms with Crippen molar-refractivity contribution in [1.82, 2.24) is 4.98 Å². The van der Waals surface area contributed by atoms with Crippen molar-refractivity contribution in [3.63, 3.8) is 0 Å². The van der Waals surface area contributed by atoms with Gasteiger partial charge in [-0.05, 0) is 75.7 Å². The first-order valence-electron chi connectivity index (χ1n) is 17.3. The minimum Gasteiger partial charge on any atom is -0.457 e. The van der Waals surface area contributed by atoms with Crippen LogP contribution in [0.1, 0.15) is 105 Å². The quantitative estimate of drug-likeness (QED) is 0.106. The van der Waals surface area contributed by atoms with Crippen LogP contribution in [0.15, 0.2) is 22.6 Å². The Bertz CT molecular complexity index is 1310. The summed E-state index contributed by atoms with van der Waals surface area (Å²) in [6, 6.07) is 2.51. The molecule has 8 nitrogen and oxygen atoms in total. The van der Waals surface area contributed by atoms with Crippen molar-refractivity contribution >= 4 is 78.4 Å². The lowest BCUT2D eigenvalue weighted by Crippen LogP contribution is -2.52. The number of hydrogen-bond donors (Lipinski definition) is 0. The summed E-state index contributed by atoms with van der Waals surface area (Å²) in [6.45, 7) is 19.2. The third-order valence-corrected chi connectivity index (χ3v) is 15.6. The molecule has 0 radical (unpaired) electrons. The Morgan fingerprint density at radius 2 is 1.78 bits per heavy atom. The van der Waals surface area contributed by atoms with E-state index in [4.69, 9.17) is 53.4 Å². The lowest BCUT2D eigenvalue weighted by Gasteiger charge is -2.42. The van der Waals surface area contributed by atoms with Crippen LogP contribution in [0.2, 0.25) is 18.1 Å². The van der Waals surface area contributed by atoms with Crippen molar-refractivity contribution in [3.8, 4) is 0 Å². The number of ether oxygens (including phenoxy) is 3. The second-order valence-corrected chi connectivity index (χ2v) is 22.3. The van der Waals surface area contributed by atoms with Gasteiger partial charge in [0.25, 0.3) is 0 Å². The number of carbonyl (C=O) groups is 3. The first-order chi connectivity index (χ1) is 22.8. The minimum absolute atomic E-state index is 0.102. The fourth-order valence-electron chi connectivity index (χ4n) is 6.37. The van der Waals surface area contributed by atoms with Crippen LogP contribution < -0.4 is 0 Å². The average Bonchev–Trinajstić information content (AvgIpc) is 3.45. The van der Waals surface area contributed by atoms with Crippen molar-refractivity contribution in [3.05, 3.63) is 33.3 Å². The summed E-state index contributed by atoms with van der Waals surface area (Å²) in [5.41, 5.74) is 1.73. The number of aryl methyl sites for hydroxylation is 1. The molecule has 5 atom stereocenters. The number of aromatic nitrogens is 1. The van der Waals surface area contributed by atoms with Crippen molar-refractivity contribution in [2.75, 3.05) is 6.61 Å². The maximum Gasteiger partial charge on any atom is 0.508 e. The molecule has 1 aliphatic rings. The Morgan fingerprint density at radius 1 is 1.14 bits per heavy atom. The van der Waals surface area contributed by atoms with Crippen LogP contribution in [0.5, 0.6) is 0 Å². The van der Waals surface area contributed by atoms with Gasteiger partial charge in [0, 0.05) is 17.2 Å². The van der Waals surface area contributed by atoms with Gasteiger partial charge in [-0.1, -0.05) is 94.9 Å². The largest absolute Gasteiger partial charge is 0.508 e. The molecule has 49 heavy (non-hydrogen) atoms. The maximum absolute atomic E-state index is 14.6. The smallest absolute Gasteiger partial charge is 0.457 e. The van der Waals surface area contributed by atoms with Crippen LogP contribution in [0.3, 0.4) is 0 Å². The number of rotatable bonds is 9. The standard InChI is InChI=1S/C36H56Cl3NO7SSi/c1-11-49(12-2,13-3)47-30-20-31(41)45-29(25(6)19-28-21-48-27(8)40-28)18-17-23(4)15-14-16-24(5)32(26(7)33(42)35(30,9)10)46-34(43)44-22-36(37,38)39/h17,19,21,24,26,29-30,32H,11-16,18,20,22H2,1-10H3/t24-,26+,29-,30-,32-/m0/s1. The highest BCUT2D eigenvalue weighted by Crippen LogP contribution is 2.38. The highest BCUT2D eigenvalue weighted by molar-refractivity contribution is 7.09. The summed E-state index contributed by atoms with van der Waals surface area (Å²) in [5, 5.41) is 2.95. The summed E-state index contributed by atoms with van der Waals surface area (Å²) in [6.07, 6.45) is 3.64. The van der Waals surface area contributed by atoms with Gasteiger partial charge in [0.1, 0.15) is 24.6 Å². The van der Waals surface area contributed by atoms with E-state index < -0.39 is 60.5 Å². The van der Waals surface area contributed by atoms with E-state index in [9.17, 15) is 14.4 Å². The minimum atomic E-state index is -2.31. The molecule has 1 aromatic heterocycles. The Balaban J connectivity index is 2.59. The topological polar surface area (TPSA) is 101 Å². The van der Waals surface area contributed by atoms with E-state index in [1.54, 1.807) is 18.3 Å². The van der Waals surface area contributed by atoms with Gasteiger partial charge >= 0.3 is 12.1 Å². The average molecular weight is 781 g/mol. The highest BCUT2D eigenvalue weighted by Gasteiger charge is 2.48. The van der Waals surface area contributed by atoms with Crippen LogP contribution in [0, 0.1) is 24.2 Å². The zero-order chi connectivity index (χ0) is 37.2. The zero-order valence-corrected chi connectivity index (χ0v) is 34.9. The van der Waals surface area contributed by atoms with E-state index in [-0.39, 0.29) is 18.1 Å². The van der Waals surface area contributed by atoms with Crippen LogP contribution in [-0.2, 0) is 28.2 Å². The molecule has 0 bridgehead atoms. The molecule has 0 saturated carbocycles. The van der Waals surface area contributed by atoms with E-state index in [0.29, 0.717) is 12.8 Å². The number of ketones is 1. The summed E-state index contributed by atoms with van der Waals surface area (Å²) in [7, 11) is -2.31. The van der Waals surface area contributed by atoms with E-state index in [0.717, 1.165) is 52.8 Å². The number of Topliss-reactive ketones (excluding diaryl/α,β-unsaturated/α-hetero) is 1. The zero-order valence-electron chi connectivity index (χ0n) is 30.8. The first-order valence-corrected chi connectivity index (χ1v) is 21.9. The number of esters is 1. The molecule has 2 heterocycles. The van der Waals surface area contributed by atoms with E-state index in [2.05, 4.69) is 38.8 Å². The Hall–Kier alpha value is -1.43. The SMILES string of the molecule is CC[Si](CC)(CC)O[C@H]1CC(=O)O[C@H](C(C)=Cc2csc(C)n2)CC=C(C)CCC[C@H](C)[C@H](OC(=O)OCC(Cl)(Cl)Cl)[C@@H](C)C(=O)C1(C)C. The molecule has 1 aromatic rings. The lowest BCUT2D eigenvalue weighted by atomic mass is 9.73. The van der Waals surface area contributed by atoms with Crippen molar-refractivity contribution in [2.45, 2.75) is 142 Å². The molecule has 2 rings (SSSR count). The maximum atomic E-state index is 14.6. The Labute approximate surface area is 313 Å². The molecule has 0 N–H and O–H groups in total. The van der Waals surface area contributed by atoms with Gasteiger partial charge in [0.05, 0.1) is 29.1 Å². The molecule has 0 spiro atoms. The number of allylic oxidation sites excluding steroid dienone is 1. The predicted octanol–water partition coefficient (Wildman–Crippen LogP) is 10.8. The number of carbonyl (C=O) groups excluding carboxylic acids is 3. The fourth-order valence-corrected chi connectivity index (χ4v) is 10.1. The van der Waals surface area contributed by atoms with Crippen molar-refractivity contribution in [1.29, 1.82) is 0 Å². The molecule has 13 heteroatoms. The second kappa shape index (κ2) is 19.4. The summed E-state index contributed by atoms with van der Waals surface area (Å²) < 4.78 is 22.3. The molecule has 0 amide bonds. The number of halogens is 3. The van der Waals surface area contributed by atoms with Gasteiger partial charge in [0.15, 0.2) is 8.32 Å². The van der Waals surface area contributed by atoms with Gasteiger partial charge in [-0.25, -0.2) is 9.78 Å². The third-order valence-electron chi connectivity index (χ3n) is 9.88. The highest BCUT2D eigenvalue weighted by atomic mass is 35.6. The van der Waals surface area contributed by atoms with E-state index in [1.807, 2.05) is 46.1 Å². The number of cyclic esters (lactones) is 1. The van der Waals surface area contributed by atoms with Crippen LogP contribution in [0.25, 0.3) is 6.08 Å². The van der Waals surface area contributed by atoms with Gasteiger partial charge in [-0.3, -0.25) is 9.59 Å². The van der Waals surface area contributed by atoms with Gasteiger partial charge in [-0.2, -0.15) is 0 Å². The molecule has 0 aliphatic carbocycles. The van der Waals surface area contributed by atoms with E-state index >= 15 is 0 Å². The fraction of sp³-hybridized carbons (Fsp3) is 0.722. The van der Waals surface area contributed by atoms with Crippen LogP contribution in [-0.4, -0.2) is 59.9 Å². The molecule has 278 valence electrons. The Morgan fingerprint density at radius 3 is 2.33 bits per heavy atom. The van der Waals surface area contributed by atoms with Crippen LogP contribution >= 0.6 is 46.1 Å². The van der Waals surface area contributed by atoms with Gasteiger partial charge in [-0.15, -0.1) is 11.3 Å². The monoisotopic (exact) mass is 779 g/mol. The van der Waals surface area contributed by atoms with Gasteiger partial charge < -0.3 is 18.6 Å². The second-order valence-electron chi connectivity index (χ2n) is 14.0. The predicted molar refractivity (Wildman–Crippen MR) is 203 cm³/mol. The molecule has 0 aromatic carbocycles. The van der Waals surface area contributed by atoms with E-state index in [1.165, 1.54) is 0 Å². The third kappa shape index (κ3) is 13.6. The normalized spacial score (nSPS) is 25.4. The molecule has 0 unspecified atom stereocenters.